The van der Waals surface area contributed by atoms with Gasteiger partial charge in [0.25, 0.3) is 0 Å². The third-order valence-corrected chi connectivity index (χ3v) is 7.38. The number of carbonyl (C=O) groups excluding carboxylic acids is 1. The number of rotatable bonds is 14. The molecule has 5 nitrogen and oxygen atoms in total. The highest BCUT2D eigenvalue weighted by Crippen LogP contribution is 2.42. The van der Waals surface area contributed by atoms with E-state index in [0.29, 0.717) is 38.7 Å². The molecule has 202 valence electrons. The third-order valence-electron chi connectivity index (χ3n) is 7.38. The van der Waals surface area contributed by atoms with Crippen molar-refractivity contribution < 1.29 is 32.9 Å². The Morgan fingerprint density at radius 1 is 1.29 bits per heavy atom. The monoisotopic (exact) mass is 500 g/mol. The van der Waals surface area contributed by atoms with Crippen molar-refractivity contribution in [3.8, 4) is 0 Å². The maximum absolute atomic E-state index is 15.7. The minimum Gasteiger partial charge on any atom is -0.469 e. The van der Waals surface area contributed by atoms with E-state index in [2.05, 4.69) is 4.74 Å². The molecule has 0 bridgehead atoms. The topological polar surface area (TPSA) is 65.0 Å². The fourth-order valence-corrected chi connectivity index (χ4v) is 5.16. The molecule has 7 heteroatoms. The van der Waals surface area contributed by atoms with Crippen LogP contribution in [0.25, 0.3) is 0 Å². The number of allylic oxidation sites excluding steroid dienone is 3. The van der Waals surface area contributed by atoms with E-state index in [1.165, 1.54) is 13.2 Å². The summed E-state index contributed by atoms with van der Waals surface area (Å²) < 4.78 is 47.4. The van der Waals surface area contributed by atoms with Gasteiger partial charge in [0.2, 0.25) is 0 Å². The van der Waals surface area contributed by atoms with E-state index >= 15 is 8.78 Å². The van der Waals surface area contributed by atoms with Gasteiger partial charge in [0.05, 0.1) is 13.2 Å². The molecule has 1 saturated heterocycles. The summed E-state index contributed by atoms with van der Waals surface area (Å²) in [6.07, 6.45) is 10.1. The van der Waals surface area contributed by atoms with Gasteiger partial charge in [-0.3, -0.25) is 4.79 Å². The molecule has 2 aliphatic rings. The number of carbonyl (C=O) groups is 1. The first kappa shape index (κ1) is 29.9. The van der Waals surface area contributed by atoms with Gasteiger partial charge in [0, 0.05) is 18.9 Å². The van der Waals surface area contributed by atoms with Crippen LogP contribution in [0.5, 0.6) is 0 Å². The lowest BCUT2D eigenvalue weighted by molar-refractivity contribution is -0.201. The first-order valence-electron chi connectivity index (χ1n) is 13.4. The Morgan fingerprint density at radius 2 is 2.06 bits per heavy atom. The van der Waals surface area contributed by atoms with Crippen molar-refractivity contribution in [2.24, 2.45) is 17.8 Å². The summed E-state index contributed by atoms with van der Waals surface area (Å²) in [5.41, 5.74) is -1.57. The van der Waals surface area contributed by atoms with Gasteiger partial charge in [-0.15, -0.1) is 0 Å². The Morgan fingerprint density at radius 3 is 2.71 bits per heavy atom. The lowest BCUT2D eigenvalue weighted by Crippen LogP contribution is -2.40. The number of halogens is 2. The predicted molar refractivity (Wildman–Crippen MR) is 133 cm³/mol. The van der Waals surface area contributed by atoms with Gasteiger partial charge in [-0.05, 0) is 63.7 Å². The van der Waals surface area contributed by atoms with Crippen molar-refractivity contribution in [1.29, 1.82) is 0 Å². The van der Waals surface area contributed by atoms with Gasteiger partial charge in [-0.2, -0.15) is 0 Å². The summed E-state index contributed by atoms with van der Waals surface area (Å²) in [5, 5.41) is 10.6. The summed E-state index contributed by atoms with van der Waals surface area (Å²) >= 11 is 0. The Hall–Kier alpha value is -1.31. The molecule has 0 radical (unpaired) electrons. The van der Waals surface area contributed by atoms with E-state index in [9.17, 15) is 9.90 Å². The van der Waals surface area contributed by atoms with Crippen molar-refractivity contribution >= 4 is 5.97 Å². The zero-order chi connectivity index (χ0) is 25.8. The number of hydrogen-bond acceptors (Lipinski definition) is 5. The number of esters is 1. The standard InChI is InChI=1S/C28H46F2O5/c1-5-6-17-28(3,30)24(35-26-14-10-11-18-34-26)16-15-21-20(2)19-23(31)27(21)22(29)12-8-7-9-13-25(32)33-4/h8,12,15-16,20-24,26-27,31H,5-7,9-11,13-14,17-19H2,1-4H3/b12-8-,16-15+/t20-,21+,22?,23+,24-,26?,27+,28?/m1/s1. The van der Waals surface area contributed by atoms with Gasteiger partial charge >= 0.3 is 5.97 Å². The van der Waals surface area contributed by atoms with Gasteiger partial charge < -0.3 is 19.3 Å². The van der Waals surface area contributed by atoms with Crippen LogP contribution in [0, 0.1) is 17.8 Å². The van der Waals surface area contributed by atoms with Crippen LogP contribution in [0.4, 0.5) is 8.78 Å². The molecule has 1 N–H and O–H groups in total. The molecule has 8 atom stereocenters. The molecule has 35 heavy (non-hydrogen) atoms. The lowest BCUT2D eigenvalue weighted by Gasteiger charge is -2.34. The van der Waals surface area contributed by atoms with Crippen LogP contribution >= 0.6 is 0 Å². The first-order chi connectivity index (χ1) is 16.7. The summed E-state index contributed by atoms with van der Waals surface area (Å²) in [4.78, 5) is 11.2. The molecule has 0 amide bonds. The van der Waals surface area contributed by atoms with E-state index in [1.54, 1.807) is 19.1 Å². The van der Waals surface area contributed by atoms with Gasteiger partial charge in [0.15, 0.2) is 6.29 Å². The lowest BCUT2D eigenvalue weighted by atomic mass is 9.84. The highest BCUT2D eigenvalue weighted by Gasteiger charge is 2.43. The molecule has 1 saturated carbocycles. The average Bonchev–Trinajstić information content (AvgIpc) is 3.12. The van der Waals surface area contributed by atoms with Gasteiger partial charge in [0.1, 0.15) is 17.9 Å². The molecule has 3 unspecified atom stereocenters. The number of alkyl halides is 2. The SMILES string of the molecule is CCCCC(C)(F)[C@@H](/C=C/[C@@H]1[C@@H](C(F)/C=C\CCCC(=O)OC)[C@@H](O)C[C@H]1C)OC1CCCCO1. The molecular weight excluding hydrogens is 454 g/mol. The van der Waals surface area contributed by atoms with E-state index in [4.69, 9.17) is 9.47 Å². The minimum absolute atomic E-state index is 0.0605. The van der Waals surface area contributed by atoms with Crippen molar-refractivity contribution in [3.05, 3.63) is 24.3 Å². The normalized spacial score (nSPS) is 31.0. The summed E-state index contributed by atoms with van der Waals surface area (Å²) in [6, 6.07) is 0. The van der Waals surface area contributed by atoms with Crippen molar-refractivity contribution in [1.82, 2.24) is 0 Å². The number of unbranched alkanes of at least 4 members (excludes halogenated alkanes) is 2. The molecule has 0 aromatic heterocycles. The van der Waals surface area contributed by atoms with Crippen LogP contribution in [0.2, 0.25) is 0 Å². The second-order valence-electron chi connectivity index (χ2n) is 10.4. The number of methoxy groups -OCH3 is 1. The van der Waals surface area contributed by atoms with E-state index in [1.807, 2.05) is 19.9 Å². The fourth-order valence-electron chi connectivity index (χ4n) is 5.16. The maximum Gasteiger partial charge on any atom is 0.305 e. The second-order valence-corrected chi connectivity index (χ2v) is 10.4. The largest absolute Gasteiger partial charge is 0.469 e. The third kappa shape index (κ3) is 9.58. The first-order valence-corrected chi connectivity index (χ1v) is 13.4. The number of aliphatic hydroxyl groups excluding tert-OH is 1. The predicted octanol–water partition coefficient (Wildman–Crippen LogP) is 6.24. The summed E-state index contributed by atoms with van der Waals surface area (Å²) in [5.74, 6) is -1.06. The highest BCUT2D eigenvalue weighted by molar-refractivity contribution is 5.69. The Balaban J connectivity index is 2.09. The molecule has 2 fully saturated rings. The fraction of sp³-hybridized carbons (Fsp3) is 0.821. The summed E-state index contributed by atoms with van der Waals surface area (Å²) in [7, 11) is 1.35. The Kier molecular flexibility index (Phi) is 12.9. The van der Waals surface area contributed by atoms with E-state index < -0.39 is 36.3 Å². The van der Waals surface area contributed by atoms with Crippen LogP contribution in [-0.4, -0.2) is 55.1 Å². The number of aliphatic hydroxyl groups is 1. The van der Waals surface area contributed by atoms with Crippen LogP contribution in [0.3, 0.4) is 0 Å². The molecule has 0 aromatic rings. The minimum atomic E-state index is -1.57. The van der Waals surface area contributed by atoms with Crippen LogP contribution in [0.1, 0.15) is 85.0 Å². The molecular formula is C28H46F2O5. The highest BCUT2D eigenvalue weighted by atomic mass is 19.1. The smallest absolute Gasteiger partial charge is 0.305 e. The van der Waals surface area contributed by atoms with Crippen molar-refractivity contribution in [2.45, 2.75) is 115 Å². The zero-order valence-electron chi connectivity index (χ0n) is 22.0. The Bertz CT molecular complexity index is 674. The second kappa shape index (κ2) is 15.1. The molecule has 0 aromatic carbocycles. The van der Waals surface area contributed by atoms with Crippen molar-refractivity contribution in [2.75, 3.05) is 13.7 Å². The van der Waals surface area contributed by atoms with Crippen LogP contribution in [-0.2, 0) is 19.0 Å². The molecule has 2 rings (SSSR count). The molecule has 0 spiro atoms. The summed E-state index contributed by atoms with van der Waals surface area (Å²) in [6.45, 7) is 6.21. The van der Waals surface area contributed by atoms with Gasteiger partial charge in [-0.1, -0.05) is 51.0 Å². The van der Waals surface area contributed by atoms with Crippen LogP contribution in [0.15, 0.2) is 24.3 Å². The van der Waals surface area contributed by atoms with Crippen LogP contribution < -0.4 is 0 Å². The average molecular weight is 501 g/mol. The molecule has 1 aliphatic carbocycles. The van der Waals surface area contributed by atoms with E-state index in [-0.39, 0.29) is 17.8 Å². The maximum atomic E-state index is 15.7. The quantitative estimate of drug-likeness (QED) is 0.174. The number of hydrogen-bond donors (Lipinski definition) is 1. The van der Waals surface area contributed by atoms with Crippen molar-refractivity contribution in [3.63, 3.8) is 0 Å². The zero-order valence-corrected chi connectivity index (χ0v) is 22.0. The van der Waals surface area contributed by atoms with Gasteiger partial charge in [-0.25, -0.2) is 8.78 Å². The number of ether oxygens (including phenoxy) is 3. The van der Waals surface area contributed by atoms with E-state index in [0.717, 1.165) is 32.1 Å². The molecule has 1 heterocycles. The molecule has 1 aliphatic heterocycles. The Labute approximate surface area is 210 Å².